The van der Waals surface area contributed by atoms with Crippen molar-refractivity contribution in [3.63, 3.8) is 0 Å². The van der Waals surface area contributed by atoms with Gasteiger partial charge in [-0.3, -0.25) is 9.97 Å². The van der Waals surface area contributed by atoms with Crippen LogP contribution in [0.15, 0.2) is 12.4 Å². The molecule has 1 rings (SSSR count). The zero-order valence-corrected chi connectivity index (χ0v) is 8.13. The van der Waals surface area contributed by atoms with E-state index >= 15 is 0 Å². The Morgan fingerprint density at radius 3 is 2.73 bits per heavy atom. The minimum atomic E-state index is 1.02. The quantitative estimate of drug-likeness (QED) is 0.721. The number of rotatable bonds is 3. The molecule has 11 heavy (non-hydrogen) atoms. The molecule has 0 N–H and O–H groups in total. The highest BCUT2D eigenvalue weighted by Crippen LogP contribution is 2.03. The second-order valence-electron chi connectivity index (χ2n) is 2.38. The molecule has 0 atom stereocenters. The zero-order valence-electron chi connectivity index (χ0n) is 6.55. The summed E-state index contributed by atoms with van der Waals surface area (Å²) >= 11 is 3.38. The summed E-state index contributed by atoms with van der Waals surface area (Å²) in [4.78, 5) is 8.39. The predicted molar refractivity (Wildman–Crippen MR) is 48.9 cm³/mol. The lowest BCUT2D eigenvalue weighted by atomic mass is 10.2. The maximum Gasteiger partial charge on any atom is 0.0616 e. The summed E-state index contributed by atoms with van der Waals surface area (Å²) in [6.07, 6.45) is 5.62. The third-order valence-electron chi connectivity index (χ3n) is 1.53. The Morgan fingerprint density at radius 2 is 2.09 bits per heavy atom. The topological polar surface area (TPSA) is 25.8 Å². The predicted octanol–water partition coefficient (Wildman–Crippen LogP) is 2.11. The van der Waals surface area contributed by atoms with Crippen LogP contribution in [0.4, 0.5) is 0 Å². The van der Waals surface area contributed by atoms with Crippen LogP contribution in [0.3, 0.4) is 0 Å². The normalized spacial score (nSPS) is 10.0. The highest BCUT2D eigenvalue weighted by molar-refractivity contribution is 9.09. The second-order valence-corrected chi connectivity index (χ2v) is 3.17. The van der Waals surface area contributed by atoms with Gasteiger partial charge in [-0.15, -0.1) is 0 Å². The van der Waals surface area contributed by atoms with Crippen molar-refractivity contribution in [3.05, 3.63) is 23.8 Å². The van der Waals surface area contributed by atoms with Gasteiger partial charge in [-0.2, -0.15) is 0 Å². The van der Waals surface area contributed by atoms with Gasteiger partial charge < -0.3 is 0 Å². The molecule has 0 spiro atoms. The van der Waals surface area contributed by atoms with Crippen molar-refractivity contribution in [2.45, 2.75) is 19.8 Å². The van der Waals surface area contributed by atoms with Crippen molar-refractivity contribution in [2.24, 2.45) is 0 Å². The van der Waals surface area contributed by atoms with Crippen LogP contribution in [0.1, 0.15) is 17.8 Å². The molecule has 1 aromatic heterocycles. The molecule has 0 aliphatic rings. The van der Waals surface area contributed by atoms with E-state index < -0.39 is 0 Å². The number of halogens is 1. The van der Waals surface area contributed by atoms with E-state index in [1.165, 1.54) is 0 Å². The first-order chi connectivity index (χ1) is 5.34. The molecule has 0 aliphatic heterocycles. The molecule has 0 aliphatic carbocycles. The Bertz CT molecular complexity index is 225. The molecule has 1 heterocycles. The summed E-state index contributed by atoms with van der Waals surface area (Å²) in [5.41, 5.74) is 2.17. The smallest absolute Gasteiger partial charge is 0.0616 e. The average molecular weight is 215 g/mol. The summed E-state index contributed by atoms with van der Waals surface area (Å²) in [6.45, 7) is 2.00. The SMILES string of the molecule is Cc1nccnc1CCCBr. The van der Waals surface area contributed by atoms with Gasteiger partial charge in [-0.1, -0.05) is 15.9 Å². The third-order valence-corrected chi connectivity index (χ3v) is 2.09. The van der Waals surface area contributed by atoms with E-state index in [4.69, 9.17) is 0 Å². The van der Waals surface area contributed by atoms with Crippen molar-refractivity contribution in [1.29, 1.82) is 0 Å². The first kappa shape index (κ1) is 8.65. The number of aromatic nitrogens is 2. The van der Waals surface area contributed by atoms with Crippen molar-refractivity contribution in [3.8, 4) is 0 Å². The number of aryl methyl sites for hydroxylation is 2. The van der Waals surface area contributed by atoms with Crippen LogP contribution < -0.4 is 0 Å². The van der Waals surface area contributed by atoms with Gasteiger partial charge in [0.25, 0.3) is 0 Å². The summed E-state index contributed by atoms with van der Waals surface area (Å²) in [7, 11) is 0. The maximum atomic E-state index is 4.23. The van der Waals surface area contributed by atoms with Gasteiger partial charge in [0.2, 0.25) is 0 Å². The lowest BCUT2D eigenvalue weighted by Crippen LogP contribution is -1.96. The fourth-order valence-electron chi connectivity index (χ4n) is 0.916. The van der Waals surface area contributed by atoms with E-state index in [1.807, 2.05) is 6.92 Å². The highest BCUT2D eigenvalue weighted by atomic mass is 79.9. The number of hydrogen-bond donors (Lipinski definition) is 0. The number of nitrogens with zero attached hydrogens (tertiary/aromatic N) is 2. The van der Waals surface area contributed by atoms with Crippen molar-refractivity contribution < 1.29 is 0 Å². The minimum Gasteiger partial charge on any atom is -0.258 e. The molecule has 2 nitrogen and oxygen atoms in total. The van der Waals surface area contributed by atoms with Gasteiger partial charge in [0.1, 0.15) is 0 Å². The van der Waals surface area contributed by atoms with E-state index in [9.17, 15) is 0 Å². The van der Waals surface area contributed by atoms with Crippen LogP contribution in [0.25, 0.3) is 0 Å². The van der Waals surface area contributed by atoms with Crippen LogP contribution in [0.2, 0.25) is 0 Å². The van der Waals surface area contributed by atoms with E-state index in [0.29, 0.717) is 0 Å². The lowest BCUT2D eigenvalue weighted by molar-refractivity contribution is 0.863. The van der Waals surface area contributed by atoms with Crippen molar-refractivity contribution in [1.82, 2.24) is 9.97 Å². The largest absolute Gasteiger partial charge is 0.258 e. The van der Waals surface area contributed by atoms with E-state index in [-0.39, 0.29) is 0 Å². The highest BCUT2D eigenvalue weighted by Gasteiger charge is 1.97. The summed E-state index contributed by atoms with van der Waals surface area (Å²) in [6, 6.07) is 0. The van der Waals surface area contributed by atoms with Crippen LogP contribution in [-0.4, -0.2) is 15.3 Å². The molecule has 0 unspecified atom stereocenters. The molecule has 0 radical (unpaired) electrons. The molecule has 60 valence electrons. The molecule has 0 amide bonds. The van der Waals surface area contributed by atoms with Gasteiger partial charge in [0.15, 0.2) is 0 Å². The summed E-state index contributed by atoms with van der Waals surface area (Å²) in [5, 5.41) is 1.03. The first-order valence-corrected chi connectivity index (χ1v) is 4.79. The molecule has 0 bridgehead atoms. The molecule has 3 heteroatoms. The average Bonchev–Trinajstić information content (AvgIpc) is 2.03. The Kier molecular flexibility index (Phi) is 3.49. The Hall–Kier alpha value is -0.440. The van der Waals surface area contributed by atoms with Crippen LogP contribution >= 0.6 is 15.9 Å². The Morgan fingerprint density at radius 1 is 1.36 bits per heavy atom. The van der Waals surface area contributed by atoms with E-state index in [0.717, 1.165) is 29.6 Å². The lowest BCUT2D eigenvalue weighted by Gasteiger charge is -2.00. The fraction of sp³-hybridized carbons (Fsp3) is 0.500. The van der Waals surface area contributed by atoms with Crippen LogP contribution in [0, 0.1) is 6.92 Å². The third kappa shape index (κ3) is 2.58. The van der Waals surface area contributed by atoms with Crippen LogP contribution in [-0.2, 0) is 6.42 Å². The monoisotopic (exact) mass is 214 g/mol. The second kappa shape index (κ2) is 4.44. The van der Waals surface area contributed by atoms with E-state index in [1.54, 1.807) is 12.4 Å². The van der Waals surface area contributed by atoms with Gasteiger partial charge in [0, 0.05) is 17.7 Å². The minimum absolute atomic E-state index is 1.02. The molecule has 0 saturated heterocycles. The number of alkyl halides is 1. The fourth-order valence-corrected chi connectivity index (χ4v) is 1.20. The summed E-state index contributed by atoms with van der Waals surface area (Å²) < 4.78 is 0. The molecule has 0 fully saturated rings. The van der Waals surface area contributed by atoms with Gasteiger partial charge in [-0.05, 0) is 19.8 Å². The maximum absolute atomic E-state index is 4.23. The van der Waals surface area contributed by atoms with E-state index in [2.05, 4.69) is 25.9 Å². The molecular weight excluding hydrogens is 204 g/mol. The number of hydrogen-bond acceptors (Lipinski definition) is 2. The van der Waals surface area contributed by atoms with Gasteiger partial charge in [-0.25, -0.2) is 0 Å². The Labute approximate surface area is 75.2 Å². The molecule has 0 saturated carbocycles. The summed E-state index contributed by atoms with van der Waals surface area (Å²) in [5.74, 6) is 0. The standard InChI is InChI=1S/C8H11BrN2/c1-7-8(3-2-4-9)11-6-5-10-7/h5-6H,2-4H2,1H3. The van der Waals surface area contributed by atoms with Crippen LogP contribution in [0.5, 0.6) is 0 Å². The van der Waals surface area contributed by atoms with Gasteiger partial charge in [0.05, 0.1) is 11.4 Å². The first-order valence-electron chi connectivity index (χ1n) is 3.67. The van der Waals surface area contributed by atoms with Crippen molar-refractivity contribution in [2.75, 3.05) is 5.33 Å². The van der Waals surface area contributed by atoms with Gasteiger partial charge >= 0.3 is 0 Å². The molecule has 1 aromatic rings. The van der Waals surface area contributed by atoms with Crippen molar-refractivity contribution >= 4 is 15.9 Å². The molecular formula is C8H11BrN2. The Balaban J connectivity index is 2.62. The molecule has 0 aromatic carbocycles. The zero-order chi connectivity index (χ0) is 8.10.